The lowest BCUT2D eigenvalue weighted by molar-refractivity contribution is 0.591. The van der Waals surface area contributed by atoms with Crippen LogP contribution in [0.4, 0.5) is 0 Å². The lowest BCUT2D eigenvalue weighted by atomic mass is 10.0. The molecule has 1 aliphatic heterocycles. The smallest absolute Gasteiger partial charge is 0.132 e. The van der Waals surface area contributed by atoms with Crippen molar-refractivity contribution < 1.29 is 0 Å². The summed E-state index contributed by atoms with van der Waals surface area (Å²) < 4.78 is 0. The molecular weight excluding hydrogens is 286 g/mol. The largest absolute Gasteiger partial charge is 0.266 e. The number of rotatable bonds is 5. The van der Waals surface area contributed by atoms with Gasteiger partial charge in [0.2, 0.25) is 0 Å². The highest BCUT2D eigenvalue weighted by molar-refractivity contribution is 8.02. The summed E-state index contributed by atoms with van der Waals surface area (Å²) >= 11 is 2.04. The Bertz CT molecular complexity index is 635. The third kappa shape index (κ3) is 2.85. The summed E-state index contributed by atoms with van der Waals surface area (Å²) in [6, 6.07) is 21.5. The Morgan fingerprint density at radius 1 is 0.955 bits per heavy atom. The minimum Gasteiger partial charge on any atom is -0.266 e. The van der Waals surface area contributed by atoms with Crippen molar-refractivity contribution in [3.05, 3.63) is 71.8 Å². The summed E-state index contributed by atoms with van der Waals surface area (Å²) in [5.41, 5.74) is 3.88. The first-order valence-electron chi connectivity index (χ1n) is 8.17. The molecule has 3 rings (SSSR count). The summed E-state index contributed by atoms with van der Waals surface area (Å²) in [5, 5.41) is 0.481. The molecule has 0 saturated carbocycles. The van der Waals surface area contributed by atoms with Crippen LogP contribution >= 0.6 is 11.8 Å². The van der Waals surface area contributed by atoms with Crippen LogP contribution in [0.3, 0.4) is 0 Å². The zero-order valence-corrected chi connectivity index (χ0v) is 14.1. The Hall–Kier alpha value is -1.54. The summed E-state index contributed by atoms with van der Waals surface area (Å²) in [7, 11) is 0. The number of thioether (sulfide) groups is 1. The van der Waals surface area contributed by atoms with E-state index in [2.05, 4.69) is 74.5 Å². The van der Waals surface area contributed by atoms with E-state index in [9.17, 15) is 0 Å². The molecule has 114 valence electrons. The fourth-order valence-electron chi connectivity index (χ4n) is 3.15. The summed E-state index contributed by atoms with van der Waals surface area (Å²) in [6.45, 7) is 4.52. The van der Waals surface area contributed by atoms with E-state index in [1.54, 1.807) is 0 Å². The van der Waals surface area contributed by atoms with Crippen LogP contribution in [0.5, 0.6) is 0 Å². The standard InChI is InChI=1S/C20H23NS/c1-3-15-20(17-13-9-6-10-14-17)21-19(18(4-2)22-20)16-11-7-5-8-12-16/h5-14,18H,3-4,15H2,1-2H3/t18-,20+/m1/s1. The zero-order chi connectivity index (χ0) is 15.4. The van der Waals surface area contributed by atoms with Gasteiger partial charge in [0.25, 0.3) is 0 Å². The van der Waals surface area contributed by atoms with Crippen LogP contribution in [0.2, 0.25) is 0 Å². The Balaban J connectivity index is 2.07. The maximum Gasteiger partial charge on any atom is 0.132 e. The number of hydrogen-bond acceptors (Lipinski definition) is 2. The monoisotopic (exact) mass is 309 g/mol. The zero-order valence-electron chi connectivity index (χ0n) is 13.3. The van der Waals surface area contributed by atoms with Crippen molar-refractivity contribution in [3.63, 3.8) is 0 Å². The van der Waals surface area contributed by atoms with Crippen LogP contribution in [0.1, 0.15) is 44.2 Å². The van der Waals surface area contributed by atoms with Gasteiger partial charge >= 0.3 is 0 Å². The van der Waals surface area contributed by atoms with Gasteiger partial charge in [0.05, 0.1) is 5.71 Å². The first kappa shape index (κ1) is 15.4. The molecule has 0 aromatic heterocycles. The molecule has 22 heavy (non-hydrogen) atoms. The van der Waals surface area contributed by atoms with Gasteiger partial charge in [-0.05, 0) is 24.0 Å². The molecule has 1 nitrogen and oxygen atoms in total. The quantitative estimate of drug-likeness (QED) is 0.694. The molecule has 2 heteroatoms. The molecule has 0 unspecified atom stereocenters. The summed E-state index contributed by atoms with van der Waals surface area (Å²) in [5.74, 6) is 0. The molecule has 0 spiro atoms. The van der Waals surface area contributed by atoms with Gasteiger partial charge < -0.3 is 0 Å². The van der Waals surface area contributed by atoms with Crippen LogP contribution in [0, 0.1) is 0 Å². The summed E-state index contributed by atoms with van der Waals surface area (Å²) in [6.07, 6.45) is 3.36. The van der Waals surface area contributed by atoms with Gasteiger partial charge in [0.15, 0.2) is 0 Å². The van der Waals surface area contributed by atoms with Crippen LogP contribution in [-0.4, -0.2) is 11.0 Å². The Morgan fingerprint density at radius 2 is 1.59 bits per heavy atom. The normalized spacial score (nSPS) is 24.3. The van der Waals surface area contributed by atoms with E-state index in [0.29, 0.717) is 5.25 Å². The van der Waals surface area contributed by atoms with Gasteiger partial charge in [-0.2, -0.15) is 0 Å². The van der Waals surface area contributed by atoms with Gasteiger partial charge in [0, 0.05) is 5.25 Å². The topological polar surface area (TPSA) is 12.4 Å². The molecule has 1 aliphatic rings. The molecule has 0 radical (unpaired) electrons. The van der Waals surface area contributed by atoms with Crippen molar-refractivity contribution in [1.29, 1.82) is 0 Å². The maximum absolute atomic E-state index is 5.28. The lowest BCUT2D eigenvalue weighted by Crippen LogP contribution is -2.17. The minimum atomic E-state index is -0.109. The number of hydrogen-bond donors (Lipinski definition) is 0. The molecule has 2 aromatic rings. The first-order chi connectivity index (χ1) is 10.8. The van der Waals surface area contributed by atoms with Crippen molar-refractivity contribution in [2.24, 2.45) is 4.99 Å². The highest BCUT2D eigenvalue weighted by atomic mass is 32.2. The highest BCUT2D eigenvalue weighted by Gasteiger charge is 2.41. The van der Waals surface area contributed by atoms with Gasteiger partial charge in [-0.1, -0.05) is 80.9 Å². The average Bonchev–Trinajstić information content (AvgIpc) is 2.97. The minimum absolute atomic E-state index is 0.109. The second-order valence-electron chi connectivity index (χ2n) is 5.78. The van der Waals surface area contributed by atoms with Crippen molar-refractivity contribution >= 4 is 17.5 Å². The lowest BCUT2D eigenvalue weighted by Gasteiger charge is -2.26. The van der Waals surface area contributed by atoms with Crippen molar-refractivity contribution in [2.45, 2.75) is 43.2 Å². The molecule has 2 atom stereocenters. The van der Waals surface area contributed by atoms with Gasteiger partial charge in [-0.15, -0.1) is 11.8 Å². The predicted octanol–water partition coefficient (Wildman–Crippen LogP) is 5.65. The SMILES string of the molecule is CCC[C@]1(c2ccccc2)N=C(c2ccccc2)[C@@H](CC)S1. The third-order valence-electron chi connectivity index (χ3n) is 4.20. The number of nitrogens with zero attached hydrogens (tertiary/aromatic N) is 1. The molecule has 0 amide bonds. The van der Waals surface area contributed by atoms with Crippen LogP contribution in [-0.2, 0) is 4.87 Å². The Labute approximate surface area is 137 Å². The second kappa shape index (κ2) is 6.70. The Kier molecular flexibility index (Phi) is 4.68. The molecule has 2 aromatic carbocycles. The van der Waals surface area contributed by atoms with E-state index in [0.717, 1.165) is 19.3 Å². The van der Waals surface area contributed by atoms with E-state index >= 15 is 0 Å². The van der Waals surface area contributed by atoms with Crippen molar-refractivity contribution in [1.82, 2.24) is 0 Å². The van der Waals surface area contributed by atoms with E-state index in [4.69, 9.17) is 4.99 Å². The molecule has 0 fully saturated rings. The second-order valence-corrected chi connectivity index (χ2v) is 7.26. The number of aliphatic imine (C=N–C) groups is 1. The Morgan fingerprint density at radius 3 is 2.18 bits per heavy atom. The average molecular weight is 309 g/mol. The molecule has 0 N–H and O–H groups in total. The van der Waals surface area contributed by atoms with Crippen LogP contribution in [0.15, 0.2) is 65.7 Å². The highest BCUT2D eigenvalue weighted by Crippen LogP contribution is 2.51. The molecule has 0 bridgehead atoms. The van der Waals surface area contributed by atoms with Crippen LogP contribution < -0.4 is 0 Å². The van der Waals surface area contributed by atoms with Gasteiger partial charge in [-0.25, -0.2) is 0 Å². The van der Waals surface area contributed by atoms with Crippen molar-refractivity contribution in [2.75, 3.05) is 0 Å². The molecule has 0 saturated heterocycles. The maximum atomic E-state index is 5.28. The first-order valence-corrected chi connectivity index (χ1v) is 9.05. The van der Waals surface area contributed by atoms with E-state index in [-0.39, 0.29) is 4.87 Å². The fourth-order valence-corrected chi connectivity index (χ4v) is 4.83. The number of benzene rings is 2. The van der Waals surface area contributed by atoms with Crippen molar-refractivity contribution in [3.8, 4) is 0 Å². The van der Waals surface area contributed by atoms with Crippen LogP contribution in [0.25, 0.3) is 0 Å². The molecular formula is C20H23NS. The predicted molar refractivity (Wildman–Crippen MR) is 97.7 cm³/mol. The summed E-state index contributed by atoms with van der Waals surface area (Å²) in [4.78, 5) is 5.17. The fraction of sp³-hybridized carbons (Fsp3) is 0.350. The third-order valence-corrected chi connectivity index (χ3v) is 5.96. The van der Waals surface area contributed by atoms with Gasteiger partial charge in [0.1, 0.15) is 4.87 Å². The van der Waals surface area contributed by atoms with E-state index < -0.39 is 0 Å². The van der Waals surface area contributed by atoms with Gasteiger partial charge in [-0.3, -0.25) is 4.99 Å². The molecule has 1 heterocycles. The van der Waals surface area contributed by atoms with E-state index in [1.165, 1.54) is 16.8 Å². The van der Waals surface area contributed by atoms with E-state index in [1.807, 2.05) is 11.8 Å². The molecule has 0 aliphatic carbocycles.